The van der Waals surface area contributed by atoms with E-state index in [4.69, 9.17) is 9.47 Å². The number of nitrogens with zero attached hydrogens (tertiary/aromatic N) is 1. The molecule has 1 fully saturated rings. The average Bonchev–Trinajstić information content (AvgIpc) is 2.92. The number of ether oxygens (including phenoxy) is 2. The molecular formula is C18H21NO4. The highest BCUT2D eigenvalue weighted by molar-refractivity contribution is 5.80. The second kappa shape index (κ2) is 5.41. The minimum absolute atomic E-state index is 0.106. The fraction of sp³-hybridized carbons (Fsp3) is 0.444. The van der Waals surface area contributed by atoms with Crippen molar-refractivity contribution in [3.8, 4) is 0 Å². The lowest BCUT2D eigenvalue weighted by Gasteiger charge is -2.32. The molecule has 1 aromatic carbocycles. The minimum atomic E-state index is -0.463. The monoisotopic (exact) mass is 315 g/mol. The van der Waals surface area contributed by atoms with Gasteiger partial charge in [-0.3, -0.25) is 9.69 Å². The number of hydrogen-bond acceptors (Lipinski definition) is 4. The molecule has 0 saturated carbocycles. The van der Waals surface area contributed by atoms with Gasteiger partial charge in [0.25, 0.3) is 0 Å². The van der Waals surface area contributed by atoms with Gasteiger partial charge in [-0.2, -0.15) is 0 Å². The largest absolute Gasteiger partial charge is 0.460 e. The van der Waals surface area contributed by atoms with Crippen LogP contribution in [-0.4, -0.2) is 36.2 Å². The van der Waals surface area contributed by atoms with Gasteiger partial charge in [-0.25, -0.2) is 4.79 Å². The Morgan fingerprint density at radius 3 is 2.78 bits per heavy atom. The van der Waals surface area contributed by atoms with Gasteiger partial charge < -0.3 is 9.47 Å². The summed E-state index contributed by atoms with van der Waals surface area (Å²) in [6.07, 6.45) is -0.794. The van der Waals surface area contributed by atoms with Crippen LogP contribution in [0.5, 0.6) is 0 Å². The van der Waals surface area contributed by atoms with Crippen molar-refractivity contribution in [3.05, 3.63) is 47.5 Å². The standard InChI is InChI=1S/C18H21NO4/c1-11(2)10-22-14(20)9-19-16-15(23-17(19)21)12-7-5-6-8-13(12)18(16,3)4/h5-8,15-16H,1,9-10H2,2-4H3/t15-,16-/m1/s1. The van der Waals surface area contributed by atoms with Crippen LogP contribution >= 0.6 is 0 Å². The van der Waals surface area contributed by atoms with E-state index in [1.54, 1.807) is 6.92 Å². The van der Waals surface area contributed by atoms with Gasteiger partial charge in [-0.15, -0.1) is 0 Å². The van der Waals surface area contributed by atoms with E-state index in [0.717, 1.165) is 16.7 Å². The van der Waals surface area contributed by atoms with Gasteiger partial charge in [-0.05, 0) is 23.6 Å². The Balaban J connectivity index is 1.83. The predicted molar refractivity (Wildman–Crippen MR) is 85.0 cm³/mol. The highest BCUT2D eigenvalue weighted by Gasteiger charge is 2.57. The number of carbonyl (C=O) groups excluding carboxylic acids is 2. The van der Waals surface area contributed by atoms with Gasteiger partial charge in [0.05, 0.1) is 6.04 Å². The molecule has 1 amide bonds. The normalized spacial score (nSPS) is 24.0. The summed E-state index contributed by atoms with van der Waals surface area (Å²) in [5, 5.41) is 0. The third-order valence-electron chi connectivity index (χ3n) is 4.56. The van der Waals surface area contributed by atoms with Crippen molar-refractivity contribution >= 4 is 12.1 Å². The first-order valence-electron chi connectivity index (χ1n) is 7.69. The molecule has 1 saturated heterocycles. The second-order valence-corrected chi connectivity index (χ2v) is 6.80. The van der Waals surface area contributed by atoms with E-state index in [2.05, 4.69) is 26.5 Å². The Kier molecular flexibility index (Phi) is 3.66. The van der Waals surface area contributed by atoms with Crippen LogP contribution in [0.4, 0.5) is 4.79 Å². The summed E-state index contributed by atoms with van der Waals surface area (Å²) in [6.45, 7) is 9.68. The van der Waals surface area contributed by atoms with Crippen molar-refractivity contribution in [1.82, 2.24) is 4.90 Å². The summed E-state index contributed by atoms with van der Waals surface area (Å²) in [4.78, 5) is 25.7. The summed E-state index contributed by atoms with van der Waals surface area (Å²) >= 11 is 0. The first-order valence-corrected chi connectivity index (χ1v) is 7.69. The third-order valence-corrected chi connectivity index (χ3v) is 4.56. The van der Waals surface area contributed by atoms with Gasteiger partial charge in [-0.1, -0.05) is 44.7 Å². The lowest BCUT2D eigenvalue weighted by molar-refractivity contribution is -0.143. The number of fused-ring (bicyclic) bond motifs is 3. The van der Waals surface area contributed by atoms with Crippen LogP contribution < -0.4 is 0 Å². The number of amides is 1. The predicted octanol–water partition coefficient (Wildman–Crippen LogP) is 2.96. The zero-order valence-corrected chi connectivity index (χ0v) is 13.7. The molecule has 23 heavy (non-hydrogen) atoms. The van der Waals surface area contributed by atoms with E-state index in [0.29, 0.717) is 0 Å². The fourth-order valence-corrected chi connectivity index (χ4v) is 3.56. The highest BCUT2D eigenvalue weighted by atomic mass is 16.6. The lowest BCUT2D eigenvalue weighted by atomic mass is 9.82. The summed E-state index contributed by atoms with van der Waals surface area (Å²) < 4.78 is 10.7. The molecule has 1 aliphatic heterocycles. The van der Waals surface area contributed by atoms with Crippen molar-refractivity contribution in [1.29, 1.82) is 0 Å². The van der Waals surface area contributed by atoms with Crippen LogP contribution in [0.1, 0.15) is 38.0 Å². The van der Waals surface area contributed by atoms with Gasteiger partial charge in [0.2, 0.25) is 0 Å². The SMILES string of the molecule is C=C(C)COC(=O)CN1C(=O)O[C@@H]2c3ccccc3C(C)(C)[C@@H]21. The van der Waals surface area contributed by atoms with Crippen LogP contribution in [0.3, 0.4) is 0 Å². The average molecular weight is 315 g/mol. The summed E-state index contributed by atoms with van der Waals surface area (Å²) in [5.41, 5.74) is 2.65. The molecular weight excluding hydrogens is 294 g/mol. The van der Waals surface area contributed by atoms with Crippen molar-refractivity contribution < 1.29 is 19.1 Å². The maximum absolute atomic E-state index is 12.2. The number of hydrogen-bond donors (Lipinski definition) is 0. The zero-order chi connectivity index (χ0) is 16.8. The van der Waals surface area contributed by atoms with Crippen LogP contribution in [-0.2, 0) is 19.7 Å². The van der Waals surface area contributed by atoms with Crippen molar-refractivity contribution in [3.63, 3.8) is 0 Å². The Labute approximate surface area is 135 Å². The van der Waals surface area contributed by atoms with Crippen molar-refractivity contribution in [2.45, 2.75) is 38.3 Å². The maximum Gasteiger partial charge on any atom is 0.411 e. The van der Waals surface area contributed by atoms with Crippen LogP contribution in [0, 0.1) is 0 Å². The quantitative estimate of drug-likeness (QED) is 0.633. The van der Waals surface area contributed by atoms with Gasteiger partial charge in [0.15, 0.2) is 6.10 Å². The highest BCUT2D eigenvalue weighted by Crippen LogP contribution is 2.52. The molecule has 1 heterocycles. The molecule has 0 aromatic heterocycles. The second-order valence-electron chi connectivity index (χ2n) is 6.80. The fourth-order valence-electron chi connectivity index (χ4n) is 3.56. The molecule has 122 valence electrons. The molecule has 2 aliphatic rings. The molecule has 0 radical (unpaired) electrons. The lowest BCUT2D eigenvalue weighted by Crippen LogP contribution is -2.46. The Morgan fingerprint density at radius 1 is 1.39 bits per heavy atom. The maximum atomic E-state index is 12.2. The summed E-state index contributed by atoms with van der Waals surface area (Å²) in [7, 11) is 0. The molecule has 0 spiro atoms. The van der Waals surface area contributed by atoms with E-state index >= 15 is 0 Å². The van der Waals surface area contributed by atoms with Crippen molar-refractivity contribution in [2.24, 2.45) is 0 Å². The van der Waals surface area contributed by atoms with E-state index in [1.807, 2.05) is 18.2 Å². The van der Waals surface area contributed by atoms with Gasteiger partial charge in [0.1, 0.15) is 13.2 Å². The first kappa shape index (κ1) is 15.6. The summed E-state index contributed by atoms with van der Waals surface area (Å²) in [5.74, 6) is -0.447. The van der Waals surface area contributed by atoms with Gasteiger partial charge in [0, 0.05) is 5.41 Å². The van der Waals surface area contributed by atoms with Crippen LogP contribution in [0.15, 0.2) is 36.4 Å². The first-order chi connectivity index (χ1) is 10.8. The Hall–Kier alpha value is -2.30. The van der Waals surface area contributed by atoms with Crippen molar-refractivity contribution in [2.75, 3.05) is 13.2 Å². The van der Waals surface area contributed by atoms with E-state index in [9.17, 15) is 9.59 Å². The molecule has 5 heteroatoms. The van der Waals surface area contributed by atoms with E-state index < -0.39 is 12.1 Å². The van der Waals surface area contributed by atoms with E-state index in [1.165, 1.54) is 4.90 Å². The zero-order valence-electron chi connectivity index (χ0n) is 13.7. The number of esters is 1. The van der Waals surface area contributed by atoms with Crippen LogP contribution in [0.2, 0.25) is 0 Å². The molecule has 3 rings (SSSR count). The molecule has 5 nitrogen and oxygen atoms in total. The molecule has 0 N–H and O–H groups in total. The molecule has 0 bridgehead atoms. The number of carbonyl (C=O) groups is 2. The third kappa shape index (κ3) is 2.50. The number of benzene rings is 1. The topological polar surface area (TPSA) is 55.8 Å². The molecule has 2 atom stereocenters. The molecule has 0 unspecified atom stereocenters. The Bertz CT molecular complexity index is 679. The Morgan fingerprint density at radius 2 is 2.09 bits per heavy atom. The van der Waals surface area contributed by atoms with Crippen LogP contribution in [0.25, 0.3) is 0 Å². The molecule has 1 aromatic rings. The van der Waals surface area contributed by atoms with Gasteiger partial charge >= 0.3 is 12.1 Å². The smallest absolute Gasteiger partial charge is 0.411 e. The van der Waals surface area contributed by atoms with E-state index in [-0.39, 0.29) is 30.7 Å². The number of rotatable bonds is 4. The summed E-state index contributed by atoms with van der Waals surface area (Å²) in [6, 6.07) is 7.76. The molecule has 1 aliphatic carbocycles. The minimum Gasteiger partial charge on any atom is -0.460 e.